The van der Waals surface area contributed by atoms with Gasteiger partial charge in [0.05, 0.1) is 0 Å². The molecule has 0 saturated carbocycles. The van der Waals surface area contributed by atoms with Crippen molar-refractivity contribution in [3.05, 3.63) is 12.3 Å². The zero-order chi connectivity index (χ0) is 5.70. The van der Waals surface area contributed by atoms with Gasteiger partial charge in [0, 0.05) is 13.2 Å². The molecule has 0 bridgehead atoms. The first-order valence-corrected chi connectivity index (χ1v) is 2.11. The lowest BCUT2D eigenvalue weighted by Crippen LogP contribution is -2.05. The van der Waals surface area contributed by atoms with Gasteiger partial charge >= 0.3 is 0 Å². The molecular weight excluding hydrogens is 90.1 g/mol. The van der Waals surface area contributed by atoms with Crippen molar-refractivity contribution in [2.75, 3.05) is 7.05 Å². The summed E-state index contributed by atoms with van der Waals surface area (Å²) in [6, 6.07) is 0. The van der Waals surface area contributed by atoms with Crippen molar-refractivity contribution in [2.45, 2.75) is 6.92 Å². The lowest BCUT2D eigenvalue weighted by molar-refractivity contribution is -0.114. The van der Waals surface area contributed by atoms with E-state index in [1.54, 1.807) is 19.3 Å². The molecule has 0 aromatic carbocycles. The second kappa shape index (κ2) is 3.40. The Balaban J connectivity index is 3.35. The SMILES string of the molecule is CC=CN(C)C=O. The summed E-state index contributed by atoms with van der Waals surface area (Å²) in [5.41, 5.74) is 0. The molecule has 2 heteroatoms. The molecule has 0 atom stereocenters. The fourth-order valence-corrected chi connectivity index (χ4v) is 0.270. The lowest BCUT2D eigenvalue weighted by Gasteiger charge is -1.97. The molecule has 0 N–H and O–H groups in total. The number of nitrogens with zero attached hydrogens (tertiary/aromatic N) is 1. The number of hydrogen-bond donors (Lipinski definition) is 0. The van der Waals surface area contributed by atoms with Crippen LogP contribution in [0.3, 0.4) is 0 Å². The van der Waals surface area contributed by atoms with Crippen LogP contribution in [0.15, 0.2) is 12.3 Å². The molecule has 0 fully saturated rings. The van der Waals surface area contributed by atoms with E-state index in [1.165, 1.54) is 4.90 Å². The third-order valence-electron chi connectivity index (χ3n) is 0.550. The van der Waals surface area contributed by atoms with Gasteiger partial charge in [0.15, 0.2) is 0 Å². The summed E-state index contributed by atoms with van der Waals surface area (Å²) in [5.74, 6) is 0. The van der Waals surface area contributed by atoms with Gasteiger partial charge in [-0.1, -0.05) is 6.08 Å². The summed E-state index contributed by atoms with van der Waals surface area (Å²) in [6.45, 7) is 1.86. The monoisotopic (exact) mass is 99.1 g/mol. The molecule has 0 radical (unpaired) electrons. The molecule has 0 aliphatic heterocycles. The second-order valence-electron chi connectivity index (χ2n) is 1.25. The van der Waals surface area contributed by atoms with E-state index in [2.05, 4.69) is 0 Å². The van der Waals surface area contributed by atoms with Crippen molar-refractivity contribution in [1.82, 2.24) is 4.90 Å². The summed E-state index contributed by atoms with van der Waals surface area (Å²) < 4.78 is 0. The number of rotatable bonds is 2. The molecule has 0 rings (SSSR count). The van der Waals surface area contributed by atoms with Gasteiger partial charge in [-0.25, -0.2) is 0 Å². The molecule has 0 unspecified atom stereocenters. The maximum atomic E-state index is 9.77. The van der Waals surface area contributed by atoms with Crippen LogP contribution in [0.4, 0.5) is 0 Å². The van der Waals surface area contributed by atoms with Crippen LogP contribution in [0, 0.1) is 0 Å². The second-order valence-corrected chi connectivity index (χ2v) is 1.25. The normalized spacial score (nSPS) is 9.43. The van der Waals surface area contributed by atoms with E-state index in [1.807, 2.05) is 6.92 Å². The molecule has 1 amide bonds. The van der Waals surface area contributed by atoms with Crippen LogP contribution in [0.25, 0.3) is 0 Å². The standard InChI is InChI=1S/C5H9NO/c1-3-4-6(2)5-7/h3-5H,1-2H3. The molecule has 0 aliphatic rings. The van der Waals surface area contributed by atoms with E-state index in [9.17, 15) is 4.79 Å². The first kappa shape index (κ1) is 6.21. The molecule has 0 spiro atoms. The smallest absolute Gasteiger partial charge is 0.213 e. The number of carbonyl (C=O) groups is 1. The van der Waals surface area contributed by atoms with E-state index >= 15 is 0 Å². The van der Waals surface area contributed by atoms with Crippen LogP contribution >= 0.6 is 0 Å². The summed E-state index contributed by atoms with van der Waals surface area (Å²) in [6.07, 6.45) is 4.24. The Morgan fingerprint density at radius 2 is 2.14 bits per heavy atom. The maximum absolute atomic E-state index is 9.77. The molecule has 0 heterocycles. The number of amides is 1. The van der Waals surface area contributed by atoms with Gasteiger partial charge in [0.25, 0.3) is 0 Å². The Labute approximate surface area is 43.4 Å². The lowest BCUT2D eigenvalue weighted by atomic mass is 10.7. The fraction of sp³-hybridized carbons (Fsp3) is 0.400. The first-order valence-electron chi connectivity index (χ1n) is 2.11. The van der Waals surface area contributed by atoms with Crippen molar-refractivity contribution < 1.29 is 4.79 Å². The molecule has 7 heavy (non-hydrogen) atoms. The minimum Gasteiger partial charge on any atom is -0.325 e. The number of carbonyl (C=O) groups excluding carboxylic acids is 1. The van der Waals surface area contributed by atoms with E-state index in [0.29, 0.717) is 0 Å². The largest absolute Gasteiger partial charge is 0.325 e. The van der Waals surface area contributed by atoms with Crippen molar-refractivity contribution in [3.8, 4) is 0 Å². The topological polar surface area (TPSA) is 20.3 Å². The zero-order valence-electron chi connectivity index (χ0n) is 4.59. The molecule has 0 aliphatic carbocycles. The van der Waals surface area contributed by atoms with Gasteiger partial charge in [-0.15, -0.1) is 0 Å². The van der Waals surface area contributed by atoms with Gasteiger partial charge in [-0.2, -0.15) is 0 Å². The van der Waals surface area contributed by atoms with Crippen LogP contribution in [-0.2, 0) is 4.79 Å². The molecule has 0 aromatic heterocycles. The molecule has 2 nitrogen and oxygen atoms in total. The van der Waals surface area contributed by atoms with Crippen molar-refractivity contribution in [3.63, 3.8) is 0 Å². The van der Waals surface area contributed by atoms with E-state index < -0.39 is 0 Å². The average molecular weight is 99.1 g/mol. The Bertz CT molecular complexity index is 78.1. The maximum Gasteiger partial charge on any atom is 0.213 e. The van der Waals surface area contributed by atoms with Gasteiger partial charge in [0.2, 0.25) is 6.41 Å². The highest BCUT2D eigenvalue weighted by Gasteiger charge is 1.76. The Hall–Kier alpha value is -0.790. The van der Waals surface area contributed by atoms with E-state index in [0.717, 1.165) is 6.41 Å². The summed E-state index contributed by atoms with van der Waals surface area (Å²) in [4.78, 5) is 11.2. The highest BCUT2D eigenvalue weighted by Crippen LogP contribution is 1.73. The van der Waals surface area contributed by atoms with Gasteiger partial charge in [-0.05, 0) is 6.92 Å². The van der Waals surface area contributed by atoms with E-state index in [4.69, 9.17) is 0 Å². The third kappa shape index (κ3) is 3.03. The van der Waals surface area contributed by atoms with Crippen LogP contribution in [0.2, 0.25) is 0 Å². The van der Waals surface area contributed by atoms with Crippen LogP contribution in [-0.4, -0.2) is 18.4 Å². The quantitative estimate of drug-likeness (QED) is 0.464. The van der Waals surface area contributed by atoms with Gasteiger partial charge in [-0.3, -0.25) is 4.79 Å². The summed E-state index contributed by atoms with van der Waals surface area (Å²) >= 11 is 0. The highest BCUT2D eigenvalue weighted by molar-refractivity contribution is 5.48. The minimum absolute atomic E-state index is 0.750. The highest BCUT2D eigenvalue weighted by atomic mass is 16.1. The van der Waals surface area contributed by atoms with Crippen molar-refractivity contribution in [1.29, 1.82) is 0 Å². The van der Waals surface area contributed by atoms with Gasteiger partial charge < -0.3 is 4.90 Å². The minimum atomic E-state index is 0.750. The summed E-state index contributed by atoms with van der Waals surface area (Å²) in [7, 11) is 1.69. The average Bonchev–Trinajstić information content (AvgIpc) is 1.68. The predicted molar refractivity (Wildman–Crippen MR) is 28.6 cm³/mol. The van der Waals surface area contributed by atoms with Crippen molar-refractivity contribution >= 4 is 6.41 Å². The van der Waals surface area contributed by atoms with Gasteiger partial charge in [0.1, 0.15) is 0 Å². The predicted octanol–water partition coefficient (Wildman–Crippen LogP) is 0.608. The Morgan fingerprint density at radius 3 is 2.29 bits per heavy atom. The summed E-state index contributed by atoms with van der Waals surface area (Å²) in [5, 5.41) is 0. The molecule has 0 saturated heterocycles. The Morgan fingerprint density at radius 1 is 1.57 bits per heavy atom. The first-order chi connectivity index (χ1) is 3.31. The molecule has 0 aromatic rings. The van der Waals surface area contributed by atoms with Crippen LogP contribution in [0.1, 0.15) is 6.92 Å². The van der Waals surface area contributed by atoms with Crippen molar-refractivity contribution in [2.24, 2.45) is 0 Å². The van der Waals surface area contributed by atoms with Crippen LogP contribution < -0.4 is 0 Å². The van der Waals surface area contributed by atoms with Crippen LogP contribution in [0.5, 0.6) is 0 Å². The molecular formula is C5H9NO. The van der Waals surface area contributed by atoms with E-state index in [-0.39, 0.29) is 0 Å². The molecule has 40 valence electrons. The Kier molecular flexibility index (Phi) is 3.02. The number of allylic oxidation sites excluding steroid dienone is 1. The third-order valence-corrected chi connectivity index (χ3v) is 0.550. The zero-order valence-corrected chi connectivity index (χ0v) is 4.59. The number of hydrogen-bond acceptors (Lipinski definition) is 1. The fourth-order valence-electron chi connectivity index (χ4n) is 0.270.